The Morgan fingerprint density at radius 3 is 2.16 bits per heavy atom. The first-order chi connectivity index (χ1) is 8.28. The van der Waals surface area contributed by atoms with Crippen molar-refractivity contribution in [3.05, 3.63) is 35.7 Å². The summed E-state index contributed by atoms with van der Waals surface area (Å²) in [6.45, 7) is 0. The van der Waals surface area contributed by atoms with Crippen molar-refractivity contribution in [2.45, 2.75) is 0 Å². The summed E-state index contributed by atoms with van der Waals surface area (Å²) in [6, 6.07) is 4.74. The molecule has 3 amide bonds. The summed E-state index contributed by atoms with van der Waals surface area (Å²) in [7, 11) is -4.39. The average molecular weight is 295 g/mol. The fourth-order valence-electron chi connectivity index (χ4n) is 1.01. The van der Waals surface area contributed by atoms with Crippen LogP contribution in [0.5, 0.6) is 0 Å². The monoisotopic (exact) mass is 295 g/mol. The second-order valence-electron chi connectivity index (χ2n) is 3.17. The molecule has 1 aromatic carbocycles. The van der Waals surface area contributed by atoms with Crippen molar-refractivity contribution in [2.75, 3.05) is 5.32 Å². The maximum atomic E-state index is 11.2. The minimum Gasteiger partial charge on any atom is -0.470 e. The first-order valence-corrected chi connectivity index (χ1v) is 6.06. The molecule has 0 aliphatic heterocycles. The maximum Gasteiger partial charge on any atom is 1.00 e. The van der Waals surface area contributed by atoms with Crippen molar-refractivity contribution >= 4 is 27.7 Å². The molecule has 98 valence electrons. The zero-order valence-corrected chi connectivity index (χ0v) is 12.8. The second-order valence-corrected chi connectivity index (χ2v) is 4.44. The van der Waals surface area contributed by atoms with Crippen LogP contribution < -0.4 is 45.9 Å². The predicted molar refractivity (Wildman–Crippen MR) is 63.0 cm³/mol. The summed E-state index contributed by atoms with van der Waals surface area (Å²) in [5.41, 5.74) is 5.61. The van der Waals surface area contributed by atoms with E-state index in [9.17, 15) is 18.0 Å². The Balaban J connectivity index is 0.00000324. The molecular weight excluding hydrogens is 285 g/mol. The van der Waals surface area contributed by atoms with E-state index in [1.165, 1.54) is 24.3 Å². The second kappa shape index (κ2) is 7.46. The molecule has 19 heavy (non-hydrogen) atoms. The zero-order valence-electron chi connectivity index (χ0n) is 9.95. The van der Waals surface area contributed by atoms with Gasteiger partial charge in [-0.05, 0) is 24.3 Å². The van der Waals surface area contributed by atoms with Crippen molar-refractivity contribution in [3.8, 4) is 0 Å². The van der Waals surface area contributed by atoms with E-state index >= 15 is 0 Å². The minimum atomic E-state index is -4.39. The van der Waals surface area contributed by atoms with E-state index < -0.39 is 22.1 Å². The molecule has 1 aromatic rings. The molecule has 5 N–H and O–H groups in total. The Morgan fingerprint density at radius 2 is 1.74 bits per heavy atom. The Kier molecular flexibility index (Phi) is 7.01. The number of benzene rings is 1. The van der Waals surface area contributed by atoms with Crippen LogP contribution in [0.15, 0.2) is 24.3 Å². The van der Waals surface area contributed by atoms with E-state index in [0.717, 1.165) is 0 Å². The molecule has 0 saturated heterocycles. The molecule has 8 nitrogen and oxygen atoms in total. The number of rotatable bonds is 4. The standard InChI is InChI=1S/C9H10N3O5S.Na/c10-8(13)6-1-3-7(4-2-6)12-9(14)11-5-18(15,16)17;/h1-5H,(H2,10,13)(H2,11,12,14)(H,15,16,17);/q-1;+1. The first kappa shape index (κ1) is 17.9. The number of amides is 3. The molecule has 0 heterocycles. The molecule has 0 fully saturated rings. The van der Waals surface area contributed by atoms with Gasteiger partial charge in [0.25, 0.3) is 6.03 Å². The molecular formula is C9H10N3NaO5S. The molecule has 0 atom stereocenters. The number of anilines is 1. The number of hydrogen-bond acceptors (Lipinski definition) is 4. The normalized spacial score (nSPS) is 10.2. The van der Waals surface area contributed by atoms with Gasteiger partial charge in [0.1, 0.15) is 0 Å². The van der Waals surface area contributed by atoms with Crippen LogP contribution in [0.4, 0.5) is 10.5 Å². The maximum absolute atomic E-state index is 11.2. The third-order valence-electron chi connectivity index (χ3n) is 1.77. The summed E-state index contributed by atoms with van der Waals surface area (Å²) in [4.78, 5) is 21.9. The largest absolute Gasteiger partial charge is 1.00 e. The fourth-order valence-corrected chi connectivity index (χ4v) is 1.27. The van der Waals surface area contributed by atoms with Gasteiger partial charge < -0.3 is 20.9 Å². The Morgan fingerprint density at radius 1 is 1.21 bits per heavy atom. The van der Waals surface area contributed by atoms with Crippen LogP contribution in [-0.2, 0) is 10.1 Å². The topological polar surface area (TPSA) is 139 Å². The number of nitrogens with two attached hydrogens (primary N) is 1. The third-order valence-corrected chi connectivity index (χ3v) is 2.18. The van der Waals surface area contributed by atoms with Gasteiger partial charge in [0.05, 0.1) is 0 Å². The van der Waals surface area contributed by atoms with Gasteiger partial charge in [0.2, 0.25) is 5.91 Å². The molecule has 0 aliphatic carbocycles. The Bertz CT molecular complexity index is 558. The van der Waals surface area contributed by atoms with Crippen molar-refractivity contribution in [3.63, 3.8) is 0 Å². The van der Waals surface area contributed by atoms with E-state index in [2.05, 4.69) is 5.32 Å². The predicted octanol–water partition coefficient (Wildman–Crippen LogP) is -3.08. The van der Waals surface area contributed by atoms with E-state index in [1.54, 1.807) is 5.32 Å². The van der Waals surface area contributed by atoms with E-state index in [-0.39, 0.29) is 41.0 Å². The molecule has 0 bridgehead atoms. The summed E-state index contributed by atoms with van der Waals surface area (Å²) in [6.07, 6.45) is 0. The van der Waals surface area contributed by atoms with Gasteiger partial charge in [-0.3, -0.25) is 9.59 Å². The van der Waals surface area contributed by atoms with Crippen LogP contribution in [0.3, 0.4) is 0 Å². The smallest absolute Gasteiger partial charge is 0.470 e. The van der Waals surface area contributed by atoms with Crippen LogP contribution in [0.2, 0.25) is 0 Å². The van der Waals surface area contributed by atoms with Gasteiger partial charge in [-0.2, -0.15) is 0 Å². The number of carbonyl (C=O) groups excluding carboxylic acids is 2. The summed E-state index contributed by atoms with van der Waals surface area (Å²) in [5.74, 6) is -0.370. The quantitative estimate of drug-likeness (QED) is 0.265. The Labute approximate surface area is 131 Å². The van der Waals surface area contributed by atoms with Gasteiger partial charge in [0.15, 0.2) is 10.1 Å². The molecule has 0 aromatic heterocycles. The summed E-state index contributed by atoms with van der Waals surface area (Å²) < 4.78 is 29.0. The van der Waals surface area contributed by atoms with Crippen molar-refractivity contribution in [1.82, 2.24) is 5.32 Å². The van der Waals surface area contributed by atoms with Gasteiger partial charge in [-0.15, -0.1) is 0 Å². The molecule has 1 rings (SSSR count). The average Bonchev–Trinajstić information content (AvgIpc) is 2.26. The van der Waals surface area contributed by atoms with Crippen LogP contribution in [0.1, 0.15) is 10.4 Å². The first-order valence-electron chi connectivity index (χ1n) is 4.56. The number of primary amides is 1. The number of carbonyl (C=O) groups is 2. The molecule has 0 aliphatic rings. The molecule has 0 unspecified atom stereocenters. The number of hydrogen-bond donors (Lipinski definition) is 4. The fraction of sp³-hybridized carbons (Fsp3) is 0. The summed E-state index contributed by atoms with van der Waals surface area (Å²) in [5, 5.41) is 4.08. The van der Waals surface area contributed by atoms with Gasteiger partial charge >= 0.3 is 29.6 Å². The van der Waals surface area contributed by atoms with Crippen molar-refractivity contribution in [1.29, 1.82) is 0 Å². The van der Waals surface area contributed by atoms with Crippen molar-refractivity contribution < 1.29 is 52.1 Å². The van der Waals surface area contributed by atoms with Crippen LogP contribution in [0, 0.1) is 5.88 Å². The van der Waals surface area contributed by atoms with Gasteiger partial charge in [-0.25, -0.2) is 8.42 Å². The zero-order chi connectivity index (χ0) is 13.8. The van der Waals surface area contributed by atoms with Crippen molar-refractivity contribution in [2.24, 2.45) is 5.73 Å². The van der Waals surface area contributed by atoms with E-state index in [0.29, 0.717) is 5.69 Å². The van der Waals surface area contributed by atoms with Gasteiger partial charge in [0, 0.05) is 11.3 Å². The van der Waals surface area contributed by atoms with Gasteiger partial charge in [-0.1, -0.05) is 5.88 Å². The SMILES string of the molecule is NC(=O)c1ccc(NC(=O)N[CH-]S(=O)(=O)O)cc1.[Na+]. The molecule has 0 radical (unpaired) electrons. The van der Waals surface area contributed by atoms with E-state index in [4.69, 9.17) is 10.3 Å². The van der Waals surface area contributed by atoms with Crippen LogP contribution in [0.25, 0.3) is 0 Å². The summed E-state index contributed by atoms with van der Waals surface area (Å²) >= 11 is 0. The van der Waals surface area contributed by atoms with Crippen LogP contribution >= 0.6 is 0 Å². The minimum absolute atomic E-state index is 0. The molecule has 10 heteroatoms. The Hall–Kier alpha value is -1.13. The number of nitrogens with one attached hydrogen (secondary N) is 2. The van der Waals surface area contributed by atoms with E-state index in [1.807, 2.05) is 0 Å². The van der Waals surface area contributed by atoms with Crippen LogP contribution in [-0.4, -0.2) is 24.9 Å². The molecule has 0 saturated carbocycles. The third kappa shape index (κ3) is 7.13. The molecule has 0 spiro atoms. The number of urea groups is 1.